The monoisotopic (exact) mass is 237 g/mol. The first-order valence-electron chi connectivity index (χ1n) is 5.01. The van der Waals surface area contributed by atoms with Gasteiger partial charge in [-0.2, -0.15) is 5.10 Å². The van der Waals surface area contributed by atoms with Gasteiger partial charge < -0.3 is 10.8 Å². The Morgan fingerprint density at radius 1 is 1.50 bits per heavy atom. The molecule has 0 heterocycles. The fourth-order valence-electron chi connectivity index (χ4n) is 0.980. The standard InChI is InChI=1S/C11H15N3OS/c1-2-7-16-11(12)14-13-8-9-5-3-4-6-10(9)15/h3-6,8,15H,2,7H2,1H3,(H2,12,14). The summed E-state index contributed by atoms with van der Waals surface area (Å²) in [7, 11) is 0. The molecule has 0 aliphatic carbocycles. The van der Waals surface area contributed by atoms with E-state index in [1.807, 2.05) is 6.07 Å². The van der Waals surface area contributed by atoms with Crippen LogP contribution in [-0.4, -0.2) is 22.2 Å². The van der Waals surface area contributed by atoms with E-state index < -0.39 is 0 Å². The Labute approximate surface area is 99.3 Å². The Bertz CT molecular complexity index is 391. The molecule has 0 spiro atoms. The molecule has 86 valence electrons. The molecular formula is C11H15N3OS. The zero-order valence-electron chi connectivity index (χ0n) is 9.13. The summed E-state index contributed by atoms with van der Waals surface area (Å²) in [5, 5.41) is 17.5. The van der Waals surface area contributed by atoms with E-state index in [4.69, 9.17) is 5.73 Å². The molecule has 0 unspecified atom stereocenters. The van der Waals surface area contributed by atoms with Gasteiger partial charge in [0.1, 0.15) is 5.75 Å². The molecule has 5 heteroatoms. The highest BCUT2D eigenvalue weighted by molar-refractivity contribution is 8.13. The van der Waals surface area contributed by atoms with Crippen LogP contribution < -0.4 is 5.73 Å². The van der Waals surface area contributed by atoms with E-state index in [0.29, 0.717) is 10.7 Å². The number of thioether (sulfide) groups is 1. The topological polar surface area (TPSA) is 71.0 Å². The van der Waals surface area contributed by atoms with Gasteiger partial charge >= 0.3 is 0 Å². The molecule has 0 fully saturated rings. The molecule has 0 saturated heterocycles. The molecular weight excluding hydrogens is 222 g/mol. The number of para-hydroxylation sites is 1. The van der Waals surface area contributed by atoms with E-state index in [1.165, 1.54) is 18.0 Å². The van der Waals surface area contributed by atoms with Crippen LogP contribution in [0.1, 0.15) is 18.9 Å². The van der Waals surface area contributed by atoms with Crippen molar-refractivity contribution in [1.82, 2.24) is 0 Å². The first-order chi connectivity index (χ1) is 7.74. The number of nitrogens with zero attached hydrogens (tertiary/aromatic N) is 2. The van der Waals surface area contributed by atoms with Gasteiger partial charge in [-0.05, 0) is 18.6 Å². The lowest BCUT2D eigenvalue weighted by Gasteiger charge is -1.96. The molecule has 4 nitrogen and oxygen atoms in total. The third-order valence-corrected chi connectivity index (χ3v) is 2.73. The summed E-state index contributed by atoms with van der Waals surface area (Å²) < 4.78 is 0. The van der Waals surface area contributed by atoms with Crippen LogP contribution in [0.15, 0.2) is 34.5 Å². The van der Waals surface area contributed by atoms with Crippen molar-refractivity contribution in [3.63, 3.8) is 0 Å². The van der Waals surface area contributed by atoms with Crippen LogP contribution in [0.3, 0.4) is 0 Å². The second kappa shape index (κ2) is 6.90. The third-order valence-electron chi connectivity index (χ3n) is 1.74. The van der Waals surface area contributed by atoms with E-state index in [-0.39, 0.29) is 5.75 Å². The van der Waals surface area contributed by atoms with Crippen molar-refractivity contribution in [3.8, 4) is 5.75 Å². The van der Waals surface area contributed by atoms with Gasteiger partial charge in [0.15, 0.2) is 5.17 Å². The third kappa shape index (κ3) is 4.35. The highest BCUT2D eigenvalue weighted by atomic mass is 32.2. The van der Waals surface area contributed by atoms with Gasteiger partial charge in [0.05, 0.1) is 6.21 Å². The zero-order chi connectivity index (χ0) is 11.8. The Hall–Kier alpha value is -1.49. The number of nitrogens with two attached hydrogens (primary N) is 1. The number of rotatable bonds is 4. The lowest BCUT2D eigenvalue weighted by atomic mass is 10.2. The molecule has 0 amide bonds. The number of amidine groups is 1. The first-order valence-corrected chi connectivity index (χ1v) is 6.00. The minimum Gasteiger partial charge on any atom is -0.507 e. The van der Waals surface area contributed by atoms with Gasteiger partial charge in [-0.15, -0.1) is 5.10 Å². The van der Waals surface area contributed by atoms with Gasteiger partial charge in [-0.1, -0.05) is 30.8 Å². The van der Waals surface area contributed by atoms with Gasteiger partial charge in [0, 0.05) is 11.3 Å². The Balaban J connectivity index is 2.57. The molecule has 0 saturated carbocycles. The van der Waals surface area contributed by atoms with E-state index in [9.17, 15) is 5.11 Å². The second-order valence-corrected chi connectivity index (χ2v) is 4.21. The molecule has 16 heavy (non-hydrogen) atoms. The summed E-state index contributed by atoms with van der Waals surface area (Å²) in [5.74, 6) is 1.11. The SMILES string of the molecule is CCCS/C(N)=N/N=Cc1ccccc1O. The van der Waals surface area contributed by atoms with Crippen LogP contribution in [0.4, 0.5) is 0 Å². The molecule has 0 aliphatic rings. The summed E-state index contributed by atoms with van der Waals surface area (Å²) >= 11 is 1.47. The predicted molar refractivity (Wildman–Crippen MR) is 70.1 cm³/mol. The normalized spacial score (nSPS) is 12.2. The number of benzene rings is 1. The summed E-state index contributed by atoms with van der Waals surface area (Å²) in [4.78, 5) is 0. The molecule has 1 aromatic rings. The highest BCUT2D eigenvalue weighted by Gasteiger charge is 1.94. The number of phenolic OH excluding ortho intramolecular Hbond substituents is 1. The van der Waals surface area contributed by atoms with Gasteiger partial charge in [0.25, 0.3) is 0 Å². The summed E-state index contributed by atoms with van der Waals surface area (Å²) in [6.07, 6.45) is 2.53. The van der Waals surface area contributed by atoms with Crippen LogP contribution in [-0.2, 0) is 0 Å². The Morgan fingerprint density at radius 2 is 2.25 bits per heavy atom. The fraction of sp³-hybridized carbons (Fsp3) is 0.273. The summed E-state index contributed by atoms with van der Waals surface area (Å²) in [6, 6.07) is 6.92. The lowest BCUT2D eigenvalue weighted by molar-refractivity contribution is 0.474. The van der Waals surface area contributed by atoms with Crippen LogP contribution in [0.5, 0.6) is 5.75 Å². The van der Waals surface area contributed by atoms with E-state index in [2.05, 4.69) is 17.1 Å². The van der Waals surface area contributed by atoms with Crippen molar-refractivity contribution in [2.24, 2.45) is 15.9 Å². The van der Waals surface area contributed by atoms with Gasteiger partial charge in [-0.3, -0.25) is 0 Å². The quantitative estimate of drug-likeness (QED) is 0.479. The van der Waals surface area contributed by atoms with Crippen molar-refractivity contribution in [2.75, 3.05) is 5.75 Å². The minimum atomic E-state index is 0.182. The van der Waals surface area contributed by atoms with Crippen molar-refractivity contribution in [3.05, 3.63) is 29.8 Å². The van der Waals surface area contributed by atoms with Gasteiger partial charge in [-0.25, -0.2) is 0 Å². The van der Waals surface area contributed by atoms with Crippen molar-refractivity contribution < 1.29 is 5.11 Å². The highest BCUT2D eigenvalue weighted by Crippen LogP contribution is 2.12. The molecule has 0 radical (unpaired) electrons. The molecule has 0 atom stereocenters. The Kier molecular flexibility index (Phi) is 5.42. The molecule has 0 aromatic heterocycles. The zero-order valence-corrected chi connectivity index (χ0v) is 9.94. The van der Waals surface area contributed by atoms with Crippen LogP contribution in [0.2, 0.25) is 0 Å². The van der Waals surface area contributed by atoms with Crippen LogP contribution in [0, 0.1) is 0 Å². The first kappa shape index (κ1) is 12.6. The lowest BCUT2D eigenvalue weighted by Crippen LogP contribution is -2.06. The number of hydrogen-bond acceptors (Lipinski definition) is 4. The van der Waals surface area contributed by atoms with Crippen molar-refractivity contribution in [1.29, 1.82) is 0 Å². The number of aromatic hydroxyl groups is 1. The average molecular weight is 237 g/mol. The van der Waals surface area contributed by atoms with Gasteiger partial charge in [0.2, 0.25) is 0 Å². The smallest absolute Gasteiger partial charge is 0.180 e. The number of hydrogen-bond donors (Lipinski definition) is 2. The van der Waals surface area contributed by atoms with E-state index in [1.54, 1.807) is 18.2 Å². The fourth-order valence-corrected chi connectivity index (χ4v) is 1.50. The summed E-state index contributed by atoms with van der Waals surface area (Å²) in [6.45, 7) is 2.07. The molecule has 1 aromatic carbocycles. The number of phenols is 1. The maximum atomic E-state index is 9.44. The van der Waals surface area contributed by atoms with Crippen molar-refractivity contribution >= 4 is 23.1 Å². The van der Waals surface area contributed by atoms with E-state index in [0.717, 1.165) is 12.2 Å². The predicted octanol–water partition coefficient (Wildman–Crippen LogP) is 2.18. The minimum absolute atomic E-state index is 0.182. The largest absolute Gasteiger partial charge is 0.507 e. The molecule has 0 bridgehead atoms. The molecule has 0 aliphatic heterocycles. The average Bonchev–Trinajstić information content (AvgIpc) is 2.29. The maximum Gasteiger partial charge on any atom is 0.180 e. The molecule has 3 N–H and O–H groups in total. The summed E-state index contributed by atoms with van der Waals surface area (Å²) in [5.41, 5.74) is 6.22. The second-order valence-electron chi connectivity index (χ2n) is 3.09. The van der Waals surface area contributed by atoms with Crippen LogP contribution in [0.25, 0.3) is 0 Å². The maximum absolute atomic E-state index is 9.44. The van der Waals surface area contributed by atoms with Crippen molar-refractivity contribution in [2.45, 2.75) is 13.3 Å². The van der Waals surface area contributed by atoms with Crippen LogP contribution >= 0.6 is 11.8 Å². The molecule has 1 rings (SSSR count). The van der Waals surface area contributed by atoms with E-state index >= 15 is 0 Å². The Morgan fingerprint density at radius 3 is 2.94 bits per heavy atom.